The molecule has 0 atom stereocenters. The van der Waals surface area contributed by atoms with Crippen molar-refractivity contribution in [2.24, 2.45) is 0 Å². The van der Waals surface area contributed by atoms with Gasteiger partial charge in [0.15, 0.2) is 11.5 Å². The number of hydrogen-bond donors (Lipinski definition) is 0. The van der Waals surface area contributed by atoms with Gasteiger partial charge < -0.3 is 9.47 Å². The van der Waals surface area contributed by atoms with Crippen LogP contribution >= 0.6 is 0 Å². The van der Waals surface area contributed by atoms with Crippen LogP contribution in [0.15, 0.2) is 24.8 Å². The minimum Gasteiger partial charge on any atom is -0.423 e. The quantitative estimate of drug-likeness (QED) is 0.578. The minimum atomic E-state index is -0.484. The zero-order valence-electron chi connectivity index (χ0n) is 9.15. The molecule has 0 bridgehead atoms. The summed E-state index contributed by atoms with van der Waals surface area (Å²) in [5, 5.41) is 0. The third-order valence-corrected chi connectivity index (χ3v) is 1.73. The van der Waals surface area contributed by atoms with Crippen LogP contribution in [0.5, 0.6) is 11.5 Å². The van der Waals surface area contributed by atoms with E-state index in [-0.39, 0.29) is 11.5 Å². The Kier molecular flexibility index (Phi) is 3.83. The van der Waals surface area contributed by atoms with Gasteiger partial charge in [-0.2, -0.15) is 0 Å². The fourth-order valence-electron chi connectivity index (χ4n) is 1.18. The van der Waals surface area contributed by atoms with Gasteiger partial charge in [0.1, 0.15) is 0 Å². The zero-order chi connectivity index (χ0) is 12.1. The molecule has 0 radical (unpaired) electrons. The van der Waals surface area contributed by atoms with Crippen LogP contribution < -0.4 is 9.47 Å². The Morgan fingerprint density at radius 1 is 1.19 bits per heavy atom. The van der Waals surface area contributed by atoms with Crippen molar-refractivity contribution < 1.29 is 19.1 Å². The second-order valence-corrected chi connectivity index (χ2v) is 3.07. The molecule has 0 saturated heterocycles. The predicted molar refractivity (Wildman–Crippen MR) is 59.2 cm³/mol. The van der Waals surface area contributed by atoms with E-state index >= 15 is 0 Å². The zero-order valence-corrected chi connectivity index (χ0v) is 9.15. The van der Waals surface area contributed by atoms with E-state index < -0.39 is 11.9 Å². The molecule has 1 aromatic rings. The van der Waals surface area contributed by atoms with Gasteiger partial charge in [-0.05, 0) is 6.07 Å². The topological polar surface area (TPSA) is 52.6 Å². The normalized spacial score (nSPS) is 9.38. The van der Waals surface area contributed by atoms with Crippen LogP contribution in [-0.2, 0) is 9.59 Å². The van der Waals surface area contributed by atoms with E-state index in [9.17, 15) is 9.59 Å². The lowest BCUT2D eigenvalue weighted by molar-refractivity contribution is -0.134. The Hall–Kier alpha value is -2.10. The molecule has 4 nitrogen and oxygen atoms in total. The lowest BCUT2D eigenvalue weighted by Crippen LogP contribution is -2.08. The Labute approximate surface area is 93.5 Å². The first-order valence-electron chi connectivity index (χ1n) is 4.67. The third-order valence-electron chi connectivity index (χ3n) is 1.73. The summed E-state index contributed by atoms with van der Waals surface area (Å²) in [6.45, 7) is 6.14. The van der Waals surface area contributed by atoms with Gasteiger partial charge in [0.2, 0.25) is 0 Å². The van der Waals surface area contributed by atoms with Gasteiger partial charge in [-0.25, -0.2) is 0 Å². The molecule has 0 aromatic heterocycles. The molecular formula is C12H12O4. The van der Waals surface area contributed by atoms with E-state index in [1.807, 2.05) is 0 Å². The summed E-state index contributed by atoms with van der Waals surface area (Å²) in [5.41, 5.74) is 0.592. The molecule has 84 valence electrons. The molecule has 0 aliphatic rings. The van der Waals surface area contributed by atoms with Crippen LogP contribution in [0.1, 0.15) is 19.4 Å². The summed E-state index contributed by atoms with van der Waals surface area (Å²) >= 11 is 0. The van der Waals surface area contributed by atoms with Gasteiger partial charge in [0.25, 0.3) is 0 Å². The fraction of sp³-hybridized carbons (Fsp3) is 0.167. The second kappa shape index (κ2) is 5.11. The van der Waals surface area contributed by atoms with Crippen molar-refractivity contribution in [3.8, 4) is 11.5 Å². The molecule has 0 heterocycles. The molecule has 0 fully saturated rings. The number of carbonyl (C=O) groups excluding carboxylic acids is 2. The summed E-state index contributed by atoms with van der Waals surface area (Å²) in [4.78, 5) is 21.8. The maximum atomic E-state index is 10.9. The molecule has 0 saturated carbocycles. The van der Waals surface area contributed by atoms with Crippen molar-refractivity contribution in [1.82, 2.24) is 0 Å². The molecular weight excluding hydrogens is 208 g/mol. The maximum absolute atomic E-state index is 10.9. The molecule has 0 aliphatic heterocycles. The average molecular weight is 220 g/mol. The summed E-state index contributed by atoms with van der Waals surface area (Å²) < 4.78 is 9.91. The van der Waals surface area contributed by atoms with E-state index in [1.54, 1.807) is 18.2 Å². The van der Waals surface area contributed by atoms with Gasteiger partial charge in [0, 0.05) is 19.4 Å². The van der Waals surface area contributed by atoms with E-state index in [0.717, 1.165) is 0 Å². The number of ether oxygens (including phenoxy) is 2. The average Bonchev–Trinajstić information content (AvgIpc) is 2.19. The highest BCUT2D eigenvalue weighted by atomic mass is 16.6. The number of hydrogen-bond acceptors (Lipinski definition) is 4. The first kappa shape index (κ1) is 12.0. The number of rotatable bonds is 3. The third kappa shape index (κ3) is 2.95. The van der Waals surface area contributed by atoms with Crippen molar-refractivity contribution in [3.63, 3.8) is 0 Å². The largest absolute Gasteiger partial charge is 0.423 e. The van der Waals surface area contributed by atoms with E-state index in [0.29, 0.717) is 5.56 Å². The summed E-state index contributed by atoms with van der Waals surface area (Å²) in [6, 6.07) is 4.94. The first-order valence-corrected chi connectivity index (χ1v) is 4.67. The van der Waals surface area contributed by atoms with Crippen LogP contribution in [0.25, 0.3) is 6.08 Å². The van der Waals surface area contributed by atoms with Crippen molar-refractivity contribution >= 4 is 18.0 Å². The van der Waals surface area contributed by atoms with Gasteiger partial charge in [-0.1, -0.05) is 24.8 Å². The Balaban J connectivity index is 3.19. The highest BCUT2D eigenvalue weighted by molar-refractivity contribution is 5.76. The van der Waals surface area contributed by atoms with E-state index in [4.69, 9.17) is 9.47 Å². The Bertz CT molecular complexity index is 435. The van der Waals surface area contributed by atoms with Crippen molar-refractivity contribution in [3.05, 3.63) is 30.3 Å². The van der Waals surface area contributed by atoms with Crippen molar-refractivity contribution in [1.29, 1.82) is 0 Å². The van der Waals surface area contributed by atoms with Gasteiger partial charge in [-0.15, -0.1) is 0 Å². The Morgan fingerprint density at radius 2 is 1.81 bits per heavy atom. The molecule has 16 heavy (non-hydrogen) atoms. The summed E-state index contributed by atoms with van der Waals surface area (Å²) in [5.74, 6) is -0.544. The number of esters is 2. The predicted octanol–water partition coefficient (Wildman–Crippen LogP) is 2.18. The van der Waals surface area contributed by atoms with Crippen molar-refractivity contribution in [2.75, 3.05) is 0 Å². The smallest absolute Gasteiger partial charge is 0.308 e. The second-order valence-electron chi connectivity index (χ2n) is 3.07. The van der Waals surface area contributed by atoms with Crippen LogP contribution in [0, 0.1) is 0 Å². The van der Waals surface area contributed by atoms with Gasteiger partial charge in [0.05, 0.1) is 0 Å². The molecule has 0 aliphatic carbocycles. The number of benzene rings is 1. The van der Waals surface area contributed by atoms with Crippen molar-refractivity contribution in [2.45, 2.75) is 13.8 Å². The van der Waals surface area contributed by atoms with Crippen LogP contribution in [0.4, 0.5) is 0 Å². The lowest BCUT2D eigenvalue weighted by atomic mass is 10.2. The van der Waals surface area contributed by atoms with E-state index in [2.05, 4.69) is 6.58 Å². The van der Waals surface area contributed by atoms with Crippen LogP contribution in [0.3, 0.4) is 0 Å². The van der Waals surface area contributed by atoms with E-state index in [1.165, 1.54) is 19.9 Å². The summed E-state index contributed by atoms with van der Waals surface area (Å²) in [6.07, 6.45) is 1.52. The van der Waals surface area contributed by atoms with Crippen LogP contribution in [-0.4, -0.2) is 11.9 Å². The van der Waals surface area contributed by atoms with Gasteiger partial charge >= 0.3 is 11.9 Å². The first-order chi connectivity index (χ1) is 7.54. The molecule has 4 heteroatoms. The number of carbonyl (C=O) groups is 2. The lowest BCUT2D eigenvalue weighted by Gasteiger charge is -2.10. The standard InChI is InChI=1S/C12H12O4/c1-4-10-6-5-7-11(15-8(2)13)12(10)16-9(3)14/h4-7H,1H2,2-3H3. The Morgan fingerprint density at radius 3 is 2.31 bits per heavy atom. The highest BCUT2D eigenvalue weighted by Crippen LogP contribution is 2.32. The molecule has 1 rings (SSSR count). The number of para-hydroxylation sites is 1. The van der Waals surface area contributed by atoms with Crippen LogP contribution in [0.2, 0.25) is 0 Å². The highest BCUT2D eigenvalue weighted by Gasteiger charge is 2.12. The monoisotopic (exact) mass is 220 g/mol. The minimum absolute atomic E-state index is 0.208. The fourth-order valence-corrected chi connectivity index (χ4v) is 1.18. The maximum Gasteiger partial charge on any atom is 0.308 e. The molecule has 0 unspecified atom stereocenters. The molecule has 0 spiro atoms. The molecule has 1 aromatic carbocycles. The molecule has 0 amide bonds. The summed E-state index contributed by atoms with van der Waals surface area (Å²) in [7, 11) is 0. The molecule has 0 N–H and O–H groups in total. The van der Waals surface area contributed by atoms with Gasteiger partial charge in [-0.3, -0.25) is 9.59 Å². The SMILES string of the molecule is C=Cc1cccc(OC(C)=O)c1OC(C)=O.